The molecule has 1 aromatic heterocycles. The van der Waals surface area contributed by atoms with Gasteiger partial charge in [-0.05, 0) is 12.1 Å². The number of non-ortho nitro benzene ring substituents is 1. The van der Waals surface area contributed by atoms with Crippen molar-refractivity contribution >= 4 is 5.69 Å². The van der Waals surface area contributed by atoms with Gasteiger partial charge in [0.05, 0.1) is 22.8 Å². The Morgan fingerprint density at radius 3 is 2.58 bits per heavy atom. The van der Waals surface area contributed by atoms with Crippen LogP contribution in [0.5, 0.6) is 0 Å². The second kappa shape index (κ2) is 8.12. The number of fused-ring (bicyclic) bond motifs is 3. The summed E-state index contributed by atoms with van der Waals surface area (Å²) in [6, 6.07) is 15.8. The van der Waals surface area contributed by atoms with Crippen LogP contribution in [0.1, 0.15) is 35.5 Å². The Morgan fingerprint density at radius 1 is 1.10 bits per heavy atom. The van der Waals surface area contributed by atoms with Crippen molar-refractivity contribution in [3.8, 4) is 11.4 Å². The summed E-state index contributed by atoms with van der Waals surface area (Å²) in [7, 11) is 1.55. The van der Waals surface area contributed by atoms with Crippen LogP contribution < -0.4 is 0 Å². The van der Waals surface area contributed by atoms with Crippen molar-refractivity contribution in [2.24, 2.45) is 0 Å². The van der Waals surface area contributed by atoms with E-state index in [0.717, 1.165) is 5.56 Å². The summed E-state index contributed by atoms with van der Waals surface area (Å²) in [6.45, 7) is 0.320. The van der Waals surface area contributed by atoms with Crippen LogP contribution in [0.15, 0.2) is 60.8 Å². The first-order valence-electron chi connectivity index (χ1n) is 9.76. The van der Waals surface area contributed by atoms with Gasteiger partial charge >= 0.3 is 0 Å². The average Bonchev–Trinajstić information content (AvgIpc) is 2.83. The van der Waals surface area contributed by atoms with Crippen molar-refractivity contribution in [2.75, 3.05) is 13.7 Å². The SMILES string of the molecule is CO[C@H]1O[C@@H]2CO[C@@H](c3ccccc3)O[C@H]2c2nc(-c3ccc([N+](=O)[O-])cc3)ncc21. The first-order chi connectivity index (χ1) is 15.1. The van der Waals surface area contributed by atoms with Gasteiger partial charge in [0.1, 0.15) is 12.2 Å². The van der Waals surface area contributed by atoms with Gasteiger partial charge < -0.3 is 18.9 Å². The molecule has 0 unspecified atom stereocenters. The lowest BCUT2D eigenvalue weighted by molar-refractivity contribution is -0.384. The smallest absolute Gasteiger partial charge is 0.269 e. The lowest BCUT2D eigenvalue weighted by Gasteiger charge is -2.41. The number of hydrogen-bond acceptors (Lipinski definition) is 8. The molecule has 9 nitrogen and oxygen atoms in total. The van der Waals surface area contributed by atoms with Gasteiger partial charge in [-0.1, -0.05) is 30.3 Å². The van der Waals surface area contributed by atoms with Gasteiger partial charge in [0, 0.05) is 36.6 Å². The third-order valence-electron chi connectivity index (χ3n) is 5.31. The minimum Gasteiger partial charge on any atom is -0.352 e. The van der Waals surface area contributed by atoms with E-state index in [1.54, 1.807) is 25.4 Å². The van der Waals surface area contributed by atoms with Gasteiger partial charge in [0.25, 0.3) is 5.69 Å². The predicted octanol–water partition coefficient (Wildman–Crippen LogP) is 3.88. The first kappa shape index (κ1) is 19.7. The lowest BCUT2D eigenvalue weighted by Crippen LogP contribution is -2.42. The van der Waals surface area contributed by atoms with E-state index in [-0.39, 0.29) is 5.69 Å². The van der Waals surface area contributed by atoms with Crippen LogP contribution in [-0.4, -0.2) is 34.7 Å². The topological polar surface area (TPSA) is 106 Å². The maximum absolute atomic E-state index is 10.9. The molecule has 0 N–H and O–H groups in total. The molecule has 0 spiro atoms. The summed E-state index contributed by atoms with van der Waals surface area (Å²) in [5, 5.41) is 10.9. The molecule has 0 saturated carbocycles. The average molecular weight is 421 g/mol. The molecule has 2 aliphatic rings. The fourth-order valence-corrected chi connectivity index (χ4v) is 3.77. The second-order valence-electron chi connectivity index (χ2n) is 7.21. The highest BCUT2D eigenvalue weighted by atomic mass is 16.7. The normalized spacial score (nSPS) is 24.8. The first-order valence-corrected chi connectivity index (χ1v) is 9.76. The standard InChI is InChI=1S/C22H19N3O6/c1-28-22-16-11-23-20(13-7-9-15(10-8-13)25(26)27)24-18(16)19-17(30-22)12-29-21(31-19)14-5-3-2-4-6-14/h2-11,17,19,21-22H,12H2,1H3/t17-,19-,21-,22+/m1/s1. The number of aromatic nitrogens is 2. The summed E-state index contributed by atoms with van der Waals surface area (Å²) in [5.41, 5.74) is 2.92. The van der Waals surface area contributed by atoms with Crippen LogP contribution in [0.3, 0.4) is 0 Å². The van der Waals surface area contributed by atoms with E-state index in [4.69, 9.17) is 23.9 Å². The molecule has 2 aromatic carbocycles. The van der Waals surface area contributed by atoms with E-state index >= 15 is 0 Å². The van der Waals surface area contributed by atoms with Gasteiger partial charge in [0.15, 0.2) is 18.4 Å². The zero-order chi connectivity index (χ0) is 21.4. The van der Waals surface area contributed by atoms with Crippen molar-refractivity contribution in [3.05, 3.63) is 87.7 Å². The molecule has 1 saturated heterocycles. The Kier molecular flexibility index (Phi) is 5.16. The maximum Gasteiger partial charge on any atom is 0.269 e. The fourth-order valence-electron chi connectivity index (χ4n) is 3.77. The Labute approximate surface area is 177 Å². The van der Waals surface area contributed by atoms with E-state index in [2.05, 4.69) is 4.98 Å². The van der Waals surface area contributed by atoms with E-state index in [1.165, 1.54) is 12.1 Å². The molecule has 2 aliphatic heterocycles. The maximum atomic E-state index is 10.9. The monoisotopic (exact) mass is 421 g/mol. The molecule has 0 aliphatic carbocycles. The zero-order valence-electron chi connectivity index (χ0n) is 16.6. The molecular weight excluding hydrogens is 402 g/mol. The molecule has 0 amide bonds. The molecular formula is C22H19N3O6. The number of nitro groups is 1. The number of nitrogens with zero attached hydrogens (tertiary/aromatic N) is 3. The van der Waals surface area contributed by atoms with Crippen LogP contribution in [0.4, 0.5) is 5.69 Å². The van der Waals surface area contributed by atoms with E-state index in [1.807, 2.05) is 30.3 Å². The molecule has 158 valence electrons. The van der Waals surface area contributed by atoms with Crippen molar-refractivity contribution in [2.45, 2.75) is 24.8 Å². The van der Waals surface area contributed by atoms with Crippen LogP contribution in [0.25, 0.3) is 11.4 Å². The van der Waals surface area contributed by atoms with Crippen molar-refractivity contribution in [1.29, 1.82) is 0 Å². The van der Waals surface area contributed by atoms with Gasteiger partial charge in [-0.15, -0.1) is 0 Å². The molecule has 3 aromatic rings. The van der Waals surface area contributed by atoms with Gasteiger partial charge in [-0.3, -0.25) is 10.1 Å². The van der Waals surface area contributed by atoms with E-state index in [0.29, 0.717) is 29.3 Å². The highest BCUT2D eigenvalue weighted by Crippen LogP contribution is 2.44. The molecule has 4 atom stereocenters. The fraction of sp³-hybridized carbons (Fsp3) is 0.273. The van der Waals surface area contributed by atoms with Crippen LogP contribution in [0, 0.1) is 10.1 Å². The Morgan fingerprint density at radius 2 is 1.87 bits per heavy atom. The molecule has 0 radical (unpaired) electrons. The largest absolute Gasteiger partial charge is 0.352 e. The van der Waals surface area contributed by atoms with Crippen LogP contribution in [0.2, 0.25) is 0 Å². The minimum atomic E-state index is -0.636. The molecule has 3 heterocycles. The minimum absolute atomic E-state index is 0.00749. The number of rotatable bonds is 4. The summed E-state index contributed by atoms with van der Waals surface area (Å²) >= 11 is 0. The van der Waals surface area contributed by atoms with Crippen LogP contribution in [-0.2, 0) is 18.9 Å². The number of hydrogen-bond donors (Lipinski definition) is 0. The molecule has 0 bridgehead atoms. The summed E-state index contributed by atoms with van der Waals surface area (Å²) < 4.78 is 23.6. The highest BCUT2D eigenvalue weighted by molar-refractivity contribution is 5.57. The van der Waals surface area contributed by atoms with E-state index in [9.17, 15) is 10.1 Å². The number of benzene rings is 2. The van der Waals surface area contributed by atoms with Crippen molar-refractivity contribution in [1.82, 2.24) is 9.97 Å². The Bertz CT molecular complexity index is 1090. The third-order valence-corrected chi connectivity index (χ3v) is 5.31. The lowest BCUT2D eigenvalue weighted by atomic mass is 10.00. The summed E-state index contributed by atoms with van der Waals surface area (Å²) in [5.74, 6) is 0.440. The molecule has 31 heavy (non-hydrogen) atoms. The van der Waals surface area contributed by atoms with E-state index < -0.39 is 29.7 Å². The van der Waals surface area contributed by atoms with Gasteiger partial charge in [-0.25, -0.2) is 9.97 Å². The summed E-state index contributed by atoms with van der Waals surface area (Å²) in [4.78, 5) is 19.7. The highest BCUT2D eigenvalue weighted by Gasteiger charge is 2.43. The second-order valence-corrected chi connectivity index (χ2v) is 7.21. The number of methoxy groups -OCH3 is 1. The van der Waals surface area contributed by atoms with Gasteiger partial charge in [-0.2, -0.15) is 0 Å². The Balaban J connectivity index is 1.51. The third kappa shape index (κ3) is 3.68. The van der Waals surface area contributed by atoms with Crippen molar-refractivity contribution in [3.63, 3.8) is 0 Å². The number of nitro benzene ring substituents is 1. The van der Waals surface area contributed by atoms with Crippen molar-refractivity contribution < 1.29 is 23.9 Å². The van der Waals surface area contributed by atoms with Crippen LogP contribution >= 0.6 is 0 Å². The molecule has 5 rings (SSSR count). The molecule has 9 heteroatoms. The predicted molar refractivity (Wildman–Crippen MR) is 108 cm³/mol. The van der Waals surface area contributed by atoms with Gasteiger partial charge in [0.2, 0.25) is 0 Å². The quantitative estimate of drug-likeness (QED) is 0.462. The zero-order valence-corrected chi connectivity index (χ0v) is 16.6. The molecule has 1 fully saturated rings. The summed E-state index contributed by atoms with van der Waals surface area (Å²) in [6.07, 6.45) is -0.393. The Hall–Kier alpha value is -3.24. The number of ether oxygens (including phenoxy) is 4.